The lowest BCUT2D eigenvalue weighted by Gasteiger charge is -2.24. The first kappa shape index (κ1) is 25.4. The largest absolute Gasteiger partial charge is 0.493 e. The van der Waals surface area contributed by atoms with E-state index in [1.165, 1.54) is 32.8 Å². The second-order valence-corrected chi connectivity index (χ2v) is 10.1. The van der Waals surface area contributed by atoms with Crippen molar-refractivity contribution in [2.75, 3.05) is 36.6 Å². The van der Waals surface area contributed by atoms with Gasteiger partial charge in [0.1, 0.15) is 6.54 Å². The Morgan fingerprint density at radius 2 is 1.68 bits per heavy atom. The minimum absolute atomic E-state index is 0.121. The Balaban J connectivity index is 1.77. The van der Waals surface area contributed by atoms with Gasteiger partial charge in [0.15, 0.2) is 11.5 Å². The van der Waals surface area contributed by atoms with Crippen LogP contribution in [0, 0.1) is 0 Å². The Morgan fingerprint density at radius 3 is 2.32 bits per heavy atom. The molecule has 2 N–H and O–H groups in total. The summed E-state index contributed by atoms with van der Waals surface area (Å²) in [5.74, 6) is -0.0818. The van der Waals surface area contributed by atoms with Gasteiger partial charge in [0, 0.05) is 12.1 Å². The number of nitrogens with one attached hydrogen (secondary N) is 2. The zero-order valence-electron chi connectivity index (χ0n) is 19.7. The summed E-state index contributed by atoms with van der Waals surface area (Å²) in [6.45, 7) is -0.479. The molecule has 10 heteroatoms. The molecule has 0 aliphatic heterocycles. The van der Waals surface area contributed by atoms with Crippen molar-refractivity contribution < 1.29 is 27.5 Å². The van der Waals surface area contributed by atoms with Gasteiger partial charge in [-0.05, 0) is 37.1 Å². The standard InChI is InChI=1S/C24H31N3O6S/c1-32-21-14-13-18(15-22(21)33-2)27(34(3,30)31)16-23(28)26-20-12-8-7-11-19(20)24(29)25-17-9-5-4-6-10-17/h7-8,11-15,17H,4-6,9-10,16H2,1-3H3,(H,25,29)(H,26,28). The number of carbonyl (C=O) groups excluding carboxylic acids is 2. The summed E-state index contributed by atoms with van der Waals surface area (Å²) >= 11 is 0. The molecule has 1 fully saturated rings. The molecule has 2 aromatic carbocycles. The molecule has 1 saturated carbocycles. The minimum Gasteiger partial charge on any atom is -0.493 e. The number of amides is 2. The normalized spacial score (nSPS) is 14.2. The Morgan fingerprint density at radius 1 is 1.00 bits per heavy atom. The molecule has 0 heterocycles. The molecule has 0 atom stereocenters. The fourth-order valence-electron chi connectivity index (χ4n) is 4.00. The third kappa shape index (κ3) is 6.40. The average molecular weight is 490 g/mol. The van der Waals surface area contributed by atoms with Gasteiger partial charge < -0.3 is 20.1 Å². The van der Waals surface area contributed by atoms with Crippen molar-refractivity contribution in [3.8, 4) is 11.5 Å². The van der Waals surface area contributed by atoms with E-state index in [0.29, 0.717) is 22.7 Å². The van der Waals surface area contributed by atoms with Crippen LogP contribution in [-0.2, 0) is 14.8 Å². The molecule has 184 valence electrons. The number of para-hydroxylation sites is 1. The van der Waals surface area contributed by atoms with Crippen LogP contribution < -0.4 is 24.4 Å². The monoisotopic (exact) mass is 489 g/mol. The first-order valence-electron chi connectivity index (χ1n) is 11.1. The van der Waals surface area contributed by atoms with Gasteiger partial charge in [-0.1, -0.05) is 31.4 Å². The summed E-state index contributed by atoms with van der Waals surface area (Å²) in [7, 11) is -0.886. The smallest absolute Gasteiger partial charge is 0.253 e. The lowest BCUT2D eigenvalue weighted by molar-refractivity contribution is -0.114. The fraction of sp³-hybridized carbons (Fsp3) is 0.417. The van der Waals surface area contributed by atoms with Crippen LogP contribution in [0.4, 0.5) is 11.4 Å². The quantitative estimate of drug-likeness (QED) is 0.559. The second kappa shape index (κ2) is 11.2. The molecule has 0 unspecified atom stereocenters. The first-order valence-corrected chi connectivity index (χ1v) is 13.0. The number of hydrogen-bond donors (Lipinski definition) is 2. The summed E-state index contributed by atoms with van der Waals surface area (Å²) in [4.78, 5) is 25.7. The van der Waals surface area contributed by atoms with Gasteiger partial charge in [-0.3, -0.25) is 13.9 Å². The predicted octanol–water partition coefficient (Wildman–Crippen LogP) is 3.17. The van der Waals surface area contributed by atoms with Crippen molar-refractivity contribution in [2.24, 2.45) is 0 Å². The molecule has 0 spiro atoms. The summed E-state index contributed by atoms with van der Waals surface area (Å²) in [6, 6.07) is 11.4. The average Bonchev–Trinajstić information content (AvgIpc) is 2.82. The van der Waals surface area contributed by atoms with Gasteiger partial charge >= 0.3 is 0 Å². The highest BCUT2D eigenvalue weighted by Crippen LogP contribution is 2.32. The zero-order chi connectivity index (χ0) is 24.7. The second-order valence-electron chi connectivity index (χ2n) is 8.21. The molecule has 0 bridgehead atoms. The van der Waals surface area contributed by atoms with Gasteiger partial charge in [0.05, 0.1) is 37.4 Å². The van der Waals surface area contributed by atoms with Crippen LogP contribution in [0.1, 0.15) is 42.5 Å². The van der Waals surface area contributed by atoms with E-state index in [4.69, 9.17) is 9.47 Å². The molecule has 0 saturated heterocycles. The Kier molecular flexibility index (Phi) is 8.38. The number of methoxy groups -OCH3 is 2. The van der Waals surface area contributed by atoms with Crippen molar-refractivity contribution >= 4 is 33.2 Å². The highest BCUT2D eigenvalue weighted by molar-refractivity contribution is 7.92. The minimum atomic E-state index is -3.80. The SMILES string of the molecule is COc1ccc(N(CC(=O)Nc2ccccc2C(=O)NC2CCCCC2)S(C)(=O)=O)cc1OC. The van der Waals surface area contributed by atoms with Crippen molar-refractivity contribution in [1.29, 1.82) is 0 Å². The van der Waals surface area contributed by atoms with Gasteiger partial charge in [0.25, 0.3) is 5.91 Å². The predicted molar refractivity (Wildman–Crippen MR) is 131 cm³/mol. The van der Waals surface area contributed by atoms with E-state index < -0.39 is 22.5 Å². The maximum absolute atomic E-state index is 12.9. The van der Waals surface area contributed by atoms with Crippen LogP contribution in [-0.4, -0.2) is 53.3 Å². The molecular formula is C24H31N3O6S. The van der Waals surface area contributed by atoms with E-state index >= 15 is 0 Å². The van der Waals surface area contributed by atoms with E-state index in [2.05, 4.69) is 10.6 Å². The van der Waals surface area contributed by atoms with E-state index in [1.54, 1.807) is 30.3 Å². The number of rotatable bonds is 9. The number of anilines is 2. The van der Waals surface area contributed by atoms with Crippen molar-refractivity contribution in [1.82, 2.24) is 5.32 Å². The van der Waals surface area contributed by atoms with Crippen LogP contribution in [0.3, 0.4) is 0 Å². The molecule has 3 rings (SSSR count). The van der Waals surface area contributed by atoms with Gasteiger partial charge in [-0.15, -0.1) is 0 Å². The number of sulfonamides is 1. The van der Waals surface area contributed by atoms with Gasteiger partial charge in [0.2, 0.25) is 15.9 Å². The summed E-state index contributed by atoms with van der Waals surface area (Å²) in [6.07, 6.45) is 6.24. The maximum Gasteiger partial charge on any atom is 0.253 e. The van der Waals surface area contributed by atoms with Gasteiger partial charge in [-0.25, -0.2) is 8.42 Å². The lowest BCUT2D eigenvalue weighted by Crippen LogP contribution is -2.38. The molecule has 0 aromatic heterocycles. The molecule has 34 heavy (non-hydrogen) atoms. The lowest BCUT2D eigenvalue weighted by atomic mass is 9.95. The van der Waals surface area contributed by atoms with Crippen LogP contribution in [0.5, 0.6) is 11.5 Å². The molecule has 1 aliphatic carbocycles. The molecule has 2 amide bonds. The van der Waals surface area contributed by atoms with Crippen LogP contribution in [0.15, 0.2) is 42.5 Å². The fourth-order valence-corrected chi connectivity index (χ4v) is 4.85. The molecule has 0 radical (unpaired) electrons. The third-order valence-corrected chi connectivity index (χ3v) is 6.87. The Labute approximate surface area is 200 Å². The van der Waals surface area contributed by atoms with Crippen molar-refractivity contribution in [3.05, 3.63) is 48.0 Å². The summed E-state index contributed by atoms with van der Waals surface area (Å²) in [5, 5.41) is 5.73. The van der Waals surface area contributed by atoms with Crippen molar-refractivity contribution in [2.45, 2.75) is 38.1 Å². The third-order valence-electron chi connectivity index (χ3n) is 5.73. The Bertz CT molecular complexity index is 1130. The van der Waals surface area contributed by atoms with Crippen LogP contribution >= 0.6 is 0 Å². The highest BCUT2D eigenvalue weighted by Gasteiger charge is 2.24. The number of benzene rings is 2. The maximum atomic E-state index is 12.9. The number of nitrogens with zero attached hydrogens (tertiary/aromatic N) is 1. The van der Waals surface area contributed by atoms with Crippen LogP contribution in [0.25, 0.3) is 0 Å². The molecule has 1 aliphatic rings. The van der Waals surface area contributed by atoms with E-state index in [-0.39, 0.29) is 17.6 Å². The summed E-state index contributed by atoms with van der Waals surface area (Å²) in [5.41, 5.74) is 0.902. The van der Waals surface area contributed by atoms with E-state index in [0.717, 1.165) is 36.2 Å². The Hall–Kier alpha value is -3.27. The number of carbonyl (C=O) groups is 2. The molecule has 9 nitrogen and oxygen atoms in total. The number of ether oxygens (including phenoxy) is 2. The first-order chi connectivity index (χ1) is 16.2. The summed E-state index contributed by atoms with van der Waals surface area (Å²) < 4.78 is 36.4. The topological polar surface area (TPSA) is 114 Å². The highest BCUT2D eigenvalue weighted by atomic mass is 32.2. The molecule has 2 aromatic rings. The van der Waals surface area contributed by atoms with Crippen LogP contribution in [0.2, 0.25) is 0 Å². The van der Waals surface area contributed by atoms with Gasteiger partial charge in [-0.2, -0.15) is 0 Å². The van der Waals surface area contributed by atoms with Crippen molar-refractivity contribution in [3.63, 3.8) is 0 Å². The zero-order valence-corrected chi connectivity index (χ0v) is 20.5. The van der Waals surface area contributed by atoms with E-state index in [9.17, 15) is 18.0 Å². The van der Waals surface area contributed by atoms with E-state index in [1.807, 2.05) is 0 Å². The number of hydrogen-bond acceptors (Lipinski definition) is 6. The molecular weight excluding hydrogens is 458 g/mol.